The van der Waals surface area contributed by atoms with Crippen LogP contribution < -0.4 is 4.74 Å². The lowest BCUT2D eigenvalue weighted by molar-refractivity contribution is -0.137. The number of halogens is 3. The number of imidazole rings is 1. The number of hydrogen-bond acceptors (Lipinski definition) is 5. The topological polar surface area (TPSA) is 60.0 Å². The number of aromatic nitrogens is 3. The minimum absolute atomic E-state index is 0.354. The van der Waals surface area contributed by atoms with E-state index in [0.717, 1.165) is 36.2 Å². The second-order valence-corrected chi connectivity index (χ2v) is 7.81. The van der Waals surface area contributed by atoms with Gasteiger partial charge in [0, 0.05) is 17.5 Å². The van der Waals surface area contributed by atoms with Crippen molar-refractivity contribution in [2.24, 2.45) is 0 Å². The predicted molar refractivity (Wildman–Crippen MR) is 111 cm³/mol. The summed E-state index contributed by atoms with van der Waals surface area (Å²) in [6, 6.07) is 5.28. The zero-order chi connectivity index (χ0) is 21.7. The molecule has 9 heteroatoms. The molecule has 0 saturated heterocycles. The van der Waals surface area contributed by atoms with Crippen LogP contribution in [0, 0.1) is 6.92 Å². The number of ether oxygens (including phenoxy) is 2. The number of thioether (sulfide) groups is 1. The highest BCUT2D eigenvalue weighted by Crippen LogP contribution is 2.32. The second-order valence-electron chi connectivity index (χ2n) is 6.85. The minimum Gasteiger partial charge on any atom is -0.465 e. The Kier molecular flexibility index (Phi) is 7.25. The number of nitrogens with one attached hydrogen (secondary N) is 1. The van der Waals surface area contributed by atoms with Crippen molar-refractivity contribution in [2.45, 2.75) is 57.0 Å². The molecule has 162 valence electrons. The number of H-pyrrole nitrogens is 1. The van der Waals surface area contributed by atoms with Crippen LogP contribution in [0.3, 0.4) is 0 Å². The lowest BCUT2D eigenvalue weighted by Crippen LogP contribution is -2.17. The van der Waals surface area contributed by atoms with Gasteiger partial charge in [-0.3, -0.25) is 4.98 Å². The summed E-state index contributed by atoms with van der Waals surface area (Å²) in [7, 11) is 0. The molecule has 1 unspecified atom stereocenters. The van der Waals surface area contributed by atoms with E-state index in [0.29, 0.717) is 34.3 Å². The van der Waals surface area contributed by atoms with Gasteiger partial charge in [0.05, 0.1) is 28.9 Å². The number of alkyl halides is 3. The third-order valence-corrected chi connectivity index (χ3v) is 5.42. The lowest BCUT2D eigenvalue weighted by Gasteiger charge is -2.17. The van der Waals surface area contributed by atoms with Gasteiger partial charge in [-0.05, 0) is 44.5 Å². The van der Waals surface area contributed by atoms with Gasteiger partial charge >= 0.3 is 6.18 Å². The Morgan fingerprint density at radius 3 is 2.77 bits per heavy atom. The fraction of sp³-hybridized carbons (Fsp3) is 0.429. The molecule has 2 heterocycles. The number of pyridine rings is 1. The van der Waals surface area contributed by atoms with Crippen LogP contribution in [0.25, 0.3) is 11.0 Å². The van der Waals surface area contributed by atoms with E-state index in [1.54, 1.807) is 12.3 Å². The van der Waals surface area contributed by atoms with Crippen molar-refractivity contribution in [1.29, 1.82) is 0 Å². The smallest absolute Gasteiger partial charge is 0.416 e. The molecule has 0 aliphatic carbocycles. The van der Waals surface area contributed by atoms with Gasteiger partial charge in [-0.2, -0.15) is 13.2 Å². The first-order chi connectivity index (χ1) is 14.3. The number of hydrogen-bond donors (Lipinski definition) is 1. The summed E-state index contributed by atoms with van der Waals surface area (Å²) in [4.78, 5) is 11.7. The van der Waals surface area contributed by atoms with Gasteiger partial charge in [0.2, 0.25) is 0 Å². The van der Waals surface area contributed by atoms with Crippen LogP contribution in [-0.4, -0.2) is 27.8 Å². The van der Waals surface area contributed by atoms with Gasteiger partial charge in [0.15, 0.2) is 11.4 Å². The van der Waals surface area contributed by atoms with Crippen LogP contribution in [0.2, 0.25) is 0 Å². The van der Waals surface area contributed by atoms with Gasteiger partial charge in [0.25, 0.3) is 0 Å². The van der Waals surface area contributed by atoms with Crippen LogP contribution in [0.4, 0.5) is 13.2 Å². The summed E-state index contributed by atoms with van der Waals surface area (Å²) < 4.78 is 50.2. The number of benzene rings is 1. The molecular formula is C21H24F3N3O2S. The Bertz CT molecular complexity index is 991. The molecule has 0 saturated carbocycles. The van der Waals surface area contributed by atoms with Crippen molar-refractivity contribution in [1.82, 2.24) is 15.0 Å². The standard InChI is InChI=1S/C21H24F3N3O2S/c1-4-5-10-28-14(3)29-19-8-9-25-18(13(19)2)12-30-20-26-16-7-6-15(21(22,23)24)11-17(16)27-20/h6-9,11,14H,4-5,10,12H2,1-3H3,(H,26,27). The molecule has 0 fully saturated rings. The zero-order valence-electron chi connectivity index (χ0n) is 17.0. The van der Waals surface area contributed by atoms with E-state index < -0.39 is 11.7 Å². The molecule has 0 bridgehead atoms. The van der Waals surface area contributed by atoms with E-state index in [-0.39, 0.29) is 6.29 Å². The van der Waals surface area contributed by atoms with Gasteiger partial charge in [-0.15, -0.1) is 0 Å². The first-order valence-electron chi connectivity index (χ1n) is 9.70. The number of rotatable bonds is 9. The van der Waals surface area contributed by atoms with E-state index in [1.165, 1.54) is 17.8 Å². The average Bonchev–Trinajstić information content (AvgIpc) is 3.10. The van der Waals surface area contributed by atoms with Gasteiger partial charge < -0.3 is 14.5 Å². The van der Waals surface area contributed by atoms with Crippen molar-refractivity contribution >= 4 is 22.8 Å². The van der Waals surface area contributed by atoms with Crippen molar-refractivity contribution in [3.05, 3.63) is 47.3 Å². The molecule has 0 radical (unpaired) electrons. The van der Waals surface area contributed by atoms with Crippen molar-refractivity contribution < 1.29 is 22.6 Å². The predicted octanol–water partition coefficient (Wildman–Crippen LogP) is 6.12. The maximum Gasteiger partial charge on any atom is 0.416 e. The van der Waals surface area contributed by atoms with Crippen LogP contribution >= 0.6 is 11.8 Å². The molecule has 1 N–H and O–H groups in total. The molecule has 3 rings (SSSR count). The Morgan fingerprint density at radius 1 is 1.23 bits per heavy atom. The molecule has 1 aromatic carbocycles. The summed E-state index contributed by atoms with van der Waals surface area (Å²) in [6.07, 6.45) is -1.04. The fourth-order valence-electron chi connectivity index (χ4n) is 2.81. The minimum atomic E-state index is -4.38. The Labute approximate surface area is 177 Å². The van der Waals surface area contributed by atoms with Crippen molar-refractivity contribution in [2.75, 3.05) is 6.61 Å². The lowest BCUT2D eigenvalue weighted by atomic mass is 10.2. The number of unbranched alkanes of at least 4 members (excludes halogenated alkanes) is 1. The molecule has 5 nitrogen and oxygen atoms in total. The molecule has 3 aromatic rings. The van der Waals surface area contributed by atoms with Gasteiger partial charge in [-0.25, -0.2) is 4.98 Å². The SMILES string of the molecule is CCCCOC(C)Oc1ccnc(CSc2nc3ccc(C(F)(F)F)cc3[nH]2)c1C. The normalized spacial score (nSPS) is 13.0. The van der Waals surface area contributed by atoms with Gasteiger partial charge in [-0.1, -0.05) is 25.1 Å². The van der Waals surface area contributed by atoms with Crippen LogP contribution in [0.1, 0.15) is 43.5 Å². The summed E-state index contributed by atoms with van der Waals surface area (Å²) in [5.74, 6) is 1.20. The highest BCUT2D eigenvalue weighted by Gasteiger charge is 2.30. The Balaban J connectivity index is 1.67. The van der Waals surface area contributed by atoms with Crippen molar-refractivity contribution in [3.8, 4) is 5.75 Å². The van der Waals surface area contributed by atoms with Gasteiger partial charge in [0.1, 0.15) is 5.75 Å². The number of fused-ring (bicyclic) bond motifs is 1. The van der Waals surface area contributed by atoms with Crippen LogP contribution in [0.15, 0.2) is 35.6 Å². The second kappa shape index (κ2) is 9.70. The Morgan fingerprint density at radius 2 is 2.03 bits per heavy atom. The molecule has 2 aromatic heterocycles. The third-order valence-electron chi connectivity index (χ3n) is 4.54. The monoisotopic (exact) mass is 439 g/mol. The summed E-state index contributed by atoms with van der Waals surface area (Å²) in [5.41, 5.74) is 1.85. The molecule has 1 atom stereocenters. The first kappa shape index (κ1) is 22.4. The van der Waals surface area contributed by atoms with E-state index in [1.807, 2.05) is 13.8 Å². The molecule has 30 heavy (non-hydrogen) atoms. The summed E-state index contributed by atoms with van der Waals surface area (Å²) >= 11 is 1.37. The fourth-order valence-corrected chi connectivity index (χ4v) is 3.72. The van der Waals surface area contributed by atoms with E-state index in [4.69, 9.17) is 9.47 Å². The zero-order valence-corrected chi connectivity index (χ0v) is 17.9. The largest absolute Gasteiger partial charge is 0.465 e. The molecule has 0 spiro atoms. The molecule has 0 aliphatic heterocycles. The van der Waals surface area contributed by atoms with Crippen LogP contribution in [-0.2, 0) is 16.7 Å². The summed E-state index contributed by atoms with van der Waals surface area (Å²) in [6.45, 7) is 6.52. The highest BCUT2D eigenvalue weighted by atomic mass is 32.2. The maximum atomic E-state index is 12.9. The molecular weight excluding hydrogens is 415 g/mol. The van der Waals surface area contributed by atoms with Crippen molar-refractivity contribution in [3.63, 3.8) is 0 Å². The average molecular weight is 440 g/mol. The first-order valence-corrected chi connectivity index (χ1v) is 10.7. The highest BCUT2D eigenvalue weighted by molar-refractivity contribution is 7.98. The number of aromatic amines is 1. The number of nitrogens with zero attached hydrogens (tertiary/aromatic N) is 2. The van der Waals surface area contributed by atoms with E-state index in [9.17, 15) is 13.2 Å². The molecule has 0 aliphatic rings. The summed E-state index contributed by atoms with van der Waals surface area (Å²) in [5, 5.41) is 0.535. The van der Waals surface area contributed by atoms with Crippen LogP contribution in [0.5, 0.6) is 5.75 Å². The Hall–Kier alpha value is -2.26. The third kappa shape index (κ3) is 5.66. The van der Waals surface area contributed by atoms with E-state index >= 15 is 0 Å². The van der Waals surface area contributed by atoms with E-state index in [2.05, 4.69) is 21.9 Å². The molecule has 0 amide bonds. The maximum absolute atomic E-state index is 12.9. The quantitative estimate of drug-likeness (QED) is 0.247.